The number of amides is 1. The van der Waals surface area contributed by atoms with Gasteiger partial charge in [0, 0.05) is 19.2 Å². The quantitative estimate of drug-likeness (QED) is 0.592. The lowest BCUT2D eigenvalue weighted by atomic mass is 10.2. The molecular weight excluding hydrogens is 391 g/mol. The lowest BCUT2D eigenvalue weighted by Gasteiger charge is -2.12. The van der Waals surface area contributed by atoms with E-state index in [2.05, 4.69) is 20.4 Å². The van der Waals surface area contributed by atoms with Gasteiger partial charge in [-0.25, -0.2) is 4.98 Å². The van der Waals surface area contributed by atoms with Gasteiger partial charge in [0.2, 0.25) is 5.91 Å². The molecule has 0 saturated heterocycles. The second kappa shape index (κ2) is 11.5. The van der Waals surface area contributed by atoms with Crippen LogP contribution in [-0.2, 0) is 16.1 Å². The van der Waals surface area contributed by atoms with Gasteiger partial charge in [0.1, 0.15) is 11.6 Å². The Kier molecular flexibility index (Phi) is 9.43. The number of nitrogens with one attached hydrogen (secondary N) is 2. The van der Waals surface area contributed by atoms with Gasteiger partial charge in [-0.05, 0) is 29.8 Å². The maximum atomic E-state index is 12.1. The lowest BCUT2D eigenvalue weighted by molar-refractivity contribution is -0.274. The van der Waals surface area contributed by atoms with Gasteiger partial charge >= 0.3 is 12.3 Å². The molecule has 29 heavy (non-hydrogen) atoms. The number of nitrogens with zero attached hydrogens (tertiary/aromatic N) is 1. The number of ether oxygens (including phenoxy) is 1. The van der Waals surface area contributed by atoms with Crippen LogP contribution in [0.3, 0.4) is 0 Å². The van der Waals surface area contributed by atoms with Crippen molar-refractivity contribution in [2.75, 3.05) is 10.6 Å². The van der Waals surface area contributed by atoms with Crippen molar-refractivity contribution in [1.29, 1.82) is 0 Å². The number of pyridine rings is 1. The maximum absolute atomic E-state index is 12.1. The zero-order chi connectivity index (χ0) is 21.9. The molecule has 158 valence electrons. The molecule has 0 aliphatic heterocycles. The van der Waals surface area contributed by atoms with Gasteiger partial charge in [-0.2, -0.15) is 0 Å². The molecule has 2 rings (SSSR count). The Balaban J connectivity index is 0.00000204. The highest BCUT2D eigenvalue weighted by Gasteiger charge is 2.30. The molecule has 0 spiro atoms. The summed E-state index contributed by atoms with van der Waals surface area (Å²) in [5, 5.41) is 14.1. The van der Waals surface area contributed by atoms with Crippen LogP contribution in [0.5, 0.6) is 5.75 Å². The van der Waals surface area contributed by atoms with Crippen LogP contribution in [0.15, 0.2) is 42.6 Å². The second-order valence-corrected chi connectivity index (χ2v) is 5.39. The molecule has 0 unspecified atom stereocenters. The number of carbonyl (C=O) groups excluding carboxylic acids is 1. The third kappa shape index (κ3) is 9.45. The number of rotatable bonds is 8. The lowest BCUT2D eigenvalue weighted by Crippen LogP contribution is -2.17. The maximum Gasteiger partial charge on any atom is 0.573 e. The van der Waals surface area contributed by atoms with Crippen LogP contribution in [-0.4, -0.2) is 28.3 Å². The fourth-order valence-corrected chi connectivity index (χ4v) is 2.07. The van der Waals surface area contributed by atoms with Crippen molar-refractivity contribution in [2.45, 2.75) is 39.6 Å². The van der Waals surface area contributed by atoms with E-state index in [4.69, 9.17) is 5.11 Å². The molecule has 0 aliphatic rings. The summed E-state index contributed by atoms with van der Waals surface area (Å²) in [4.78, 5) is 26.4. The molecule has 7 nitrogen and oxygen atoms in total. The van der Waals surface area contributed by atoms with Crippen molar-refractivity contribution in [1.82, 2.24) is 4.98 Å². The smallest absolute Gasteiger partial charge is 0.481 e. The molecule has 0 atom stereocenters. The summed E-state index contributed by atoms with van der Waals surface area (Å²) in [5.41, 5.74) is 1.03. The fraction of sp³-hybridized carbons (Fsp3) is 0.316. The summed E-state index contributed by atoms with van der Waals surface area (Å²) in [5.74, 6) is -1.53. The average Bonchev–Trinajstić information content (AvgIpc) is 2.67. The van der Waals surface area contributed by atoms with Gasteiger partial charge in [-0.15, -0.1) is 13.2 Å². The van der Waals surface area contributed by atoms with Gasteiger partial charge in [-0.3, -0.25) is 9.59 Å². The number of carboxylic acid groups (broad SMARTS) is 1. The number of hydrogen-bond acceptors (Lipinski definition) is 5. The number of aliphatic carboxylic acids is 1. The molecule has 3 N–H and O–H groups in total. The van der Waals surface area contributed by atoms with Crippen molar-refractivity contribution in [2.24, 2.45) is 0 Å². The first-order chi connectivity index (χ1) is 13.7. The van der Waals surface area contributed by atoms with Crippen LogP contribution in [0, 0.1) is 0 Å². The zero-order valence-electron chi connectivity index (χ0n) is 15.9. The van der Waals surface area contributed by atoms with Crippen molar-refractivity contribution in [3.63, 3.8) is 0 Å². The highest BCUT2D eigenvalue weighted by atomic mass is 19.4. The number of carbonyl (C=O) groups is 2. The highest BCUT2D eigenvalue weighted by molar-refractivity contribution is 5.94. The van der Waals surface area contributed by atoms with Gasteiger partial charge in [0.05, 0.1) is 12.1 Å². The minimum absolute atomic E-state index is 0.176. The predicted octanol–water partition coefficient (Wildman–Crippen LogP) is 4.42. The first kappa shape index (κ1) is 23.7. The summed E-state index contributed by atoms with van der Waals surface area (Å²) in [7, 11) is 0. The Morgan fingerprint density at radius 3 is 2.34 bits per heavy atom. The van der Waals surface area contributed by atoms with E-state index in [1.165, 1.54) is 30.5 Å². The van der Waals surface area contributed by atoms with Gasteiger partial charge in [0.25, 0.3) is 0 Å². The Hall–Kier alpha value is -3.30. The van der Waals surface area contributed by atoms with Gasteiger partial charge < -0.3 is 20.5 Å². The van der Waals surface area contributed by atoms with E-state index in [0.717, 1.165) is 0 Å². The van der Waals surface area contributed by atoms with Gasteiger partial charge in [-0.1, -0.05) is 26.0 Å². The summed E-state index contributed by atoms with van der Waals surface area (Å²) < 4.78 is 40.2. The molecule has 1 heterocycles. The molecule has 1 aromatic heterocycles. The Labute approximate surface area is 165 Å². The topological polar surface area (TPSA) is 101 Å². The first-order valence-corrected chi connectivity index (χ1v) is 8.78. The van der Waals surface area contributed by atoms with Crippen molar-refractivity contribution < 1.29 is 32.6 Å². The largest absolute Gasteiger partial charge is 0.573 e. The normalized spacial score (nSPS) is 10.4. The minimum Gasteiger partial charge on any atom is -0.481 e. The highest BCUT2D eigenvalue weighted by Crippen LogP contribution is 2.23. The number of benzene rings is 1. The molecule has 2 aromatic rings. The minimum atomic E-state index is -4.75. The van der Waals surface area contributed by atoms with Crippen LogP contribution in [0.25, 0.3) is 0 Å². The van der Waals surface area contributed by atoms with Crippen molar-refractivity contribution >= 4 is 23.4 Å². The van der Waals surface area contributed by atoms with Crippen LogP contribution in [0.1, 0.15) is 32.3 Å². The molecule has 0 aliphatic carbocycles. The standard InChI is InChI=1S/C17H16F3N3O4.C2H6/c18-17(19,20)27-12-5-3-11(4-6-12)10-22-16-13(2-1-9-21-16)23-14(24)7-8-15(25)26;1-2/h1-6,9H,7-8,10H2,(H,21,22)(H,23,24)(H,25,26);1-2H3. The zero-order valence-corrected chi connectivity index (χ0v) is 15.9. The number of carboxylic acids is 1. The number of alkyl halides is 3. The van der Waals surface area contributed by atoms with E-state index in [9.17, 15) is 22.8 Å². The molecule has 0 fully saturated rings. The van der Waals surface area contributed by atoms with E-state index in [0.29, 0.717) is 17.1 Å². The van der Waals surface area contributed by atoms with Crippen molar-refractivity contribution in [3.8, 4) is 5.75 Å². The molecular formula is C19H22F3N3O4. The summed E-state index contributed by atoms with van der Waals surface area (Å²) in [6.45, 7) is 4.24. The van der Waals surface area contributed by atoms with Crippen LogP contribution in [0.4, 0.5) is 24.7 Å². The SMILES string of the molecule is CC.O=C(O)CCC(=O)Nc1cccnc1NCc1ccc(OC(F)(F)F)cc1. The molecule has 1 amide bonds. The molecule has 0 bridgehead atoms. The fourth-order valence-electron chi connectivity index (χ4n) is 2.07. The molecule has 10 heteroatoms. The van der Waals surface area contributed by atoms with E-state index in [1.807, 2.05) is 13.8 Å². The van der Waals surface area contributed by atoms with Crippen molar-refractivity contribution in [3.05, 3.63) is 48.2 Å². The van der Waals surface area contributed by atoms with Crippen LogP contribution < -0.4 is 15.4 Å². The summed E-state index contributed by atoms with van der Waals surface area (Å²) in [6.07, 6.45) is -3.72. The number of aromatic nitrogens is 1. The Morgan fingerprint density at radius 1 is 1.10 bits per heavy atom. The van der Waals surface area contributed by atoms with E-state index < -0.39 is 18.2 Å². The molecule has 0 radical (unpaired) electrons. The van der Waals surface area contributed by atoms with Gasteiger partial charge in [0.15, 0.2) is 0 Å². The summed E-state index contributed by atoms with van der Waals surface area (Å²) >= 11 is 0. The average molecular weight is 413 g/mol. The number of halogens is 3. The number of anilines is 2. The Morgan fingerprint density at radius 2 is 1.76 bits per heavy atom. The monoisotopic (exact) mass is 413 g/mol. The number of hydrogen-bond donors (Lipinski definition) is 3. The van der Waals surface area contributed by atoms with Crippen LogP contribution in [0.2, 0.25) is 0 Å². The molecule has 0 saturated carbocycles. The third-order valence-corrected chi connectivity index (χ3v) is 3.26. The van der Waals surface area contributed by atoms with E-state index in [1.54, 1.807) is 12.1 Å². The predicted molar refractivity (Wildman–Crippen MR) is 102 cm³/mol. The van der Waals surface area contributed by atoms with Crippen LogP contribution >= 0.6 is 0 Å². The summed E-state index contributed by atoms with van der Waals surface area (Å²) in [6, 6.07) is 8.49. The first-order valence-electron chi connectivity index (χ1n) is 8.78. The molecule has 1 aromatic carbocycles. The van der Waals surface area contributed by atoms with E-state index in [-0.39, 0.29) is 25.1 Å². The Bertz CT molecular complexity index is 796. The third-order valence-electron chi connectivity index (χ3n) is 3.26. The van der Waals surface area contributed by atoms with E-state index >= 15 is 0 Å². The second-order valence-electron chi connectivity index (χ2n) is 5.39.